The molecule has 1 saturated heterocycles. The monoisotopic (exact) mass is 279 g/mol. The topological polar surface area (TPSA) is 49.8 Å². The minimum atomic E-state index is -1.09. The molecule has 0 radical (unpaired) electrons. The van der Waals surface area contributed by atoms with Crippen LogP contribution in [0.4, 0.5) is 10.1 Å². The first-order valence-electron chi connectivity index (χ1n) is 6.57. The molecular weight excluding hydrogens is 261 g/mol. The van der Waals surface area contributed by atoms with Crippen molar-refractivity contribution in [1.82, 2.24) is 0 Å². The van der Waals surface area contributed by atoms with Crippen LogP contribution >= 0.6 is 0 Å². The van der Waals surface area contributed by atoms with E-state index in [1.54, 1.807) is 12.1 Å². The molecule has 2 atom stereocenters. The van der Waals surface area contributed by atoms with Gasteiger partial charge >= 0.3 is 5.97 Å². The maximum Gasteiger partial charge on any atom is 0.328 e. The van der Waals surface area contributed by atoms with Gasteiger partial charge in [-0.2, -0.15) is 0 Å². The van der Waals surface area contributed by atoms with E-state index in [4.69, 9.17) is 9.84 Å². The van der Waals surface area contributed by atoms with Crippen LogP contribution in [0.3, 0.4) is 0 Å². The summed E-state index contributed by atoms with van der Waals surface area (Å²) >= 11 is 0. The Bertz CT molecular complexity index is 530. The molecule has 0 spiro atoms. The number of aliphatic carboxylic acids is 1. The van der Waals surface area contributed by atoms with Gasteiger partial charge < -0.3 is 14.7 Å². The molecule has 20 heavy (non-hydrogen) atoms. The molecule has 0 bridgehead atoms. The predicted molar refractivity (Wildman–Crippen MR) is 75.3 cm³/mol. The van der Waals surface area contributed by atoms with Gasteiger partial charge in [0.25, 0.3) is 0 Å². The Morgan fingerprint density at radius 3 is 2.95 bits per heavy atom. The Hall–Kier alpha value is -1.88. The van der Waals surface area contributed by atoms with Crippen molar-refractivity contribution < 1.29 is 19.0 Å². The van der Waals surface area contributed by atoms with Crippen molar-refractivity contribution in [2.24, 2.45) is 0 Å². The van der Waals surface area contributed by atoms with Crippen LogP contribution in [-0.4, -0.2) is 36.4 Å². The summed E-state index contributed by atoms with van der Waals surface area (Å²) in [5.74, 6) is -1.52. The first-order valence-corrected chi connectivity index (χ1v) is 6.57. The average molecular weight is 279 g/mol. The van der Waals surface area contributed by atoms with Gasteiger partial charge in [-0.25, -0.2) is 9.18 Å². The van der Waals surface area contributed by atoms with Crippen molar-refractivity contribution in [3.05, 3.63) is 35.7 Å². The van der Waals surface area contributed by atoms with Gasteiger partial charge in [-0.05, 0) is 32.1 Å². The van der Waals surface area contributed by atoms with E-state index in [0.717, 1.165) is 6.08 Å². The highest BCUT2D eigenvalue weighted by Crippen LogP contribution is 2.28. The van der Waals surface area contributed by atoms with E-state index in [9.17, 15) is 9.18 Å². The standard InChI is InChI=1S/C15H18FNO3/c1-10-9-20-11(2)8-17(10)14-5-3-4-13(16)12(14)6-7-15(18)19/h3-7,10-11H,8-9H2,1-2H3,(H,18,19)/b7-6+. The second-order valence-corrected chi connectivity index (χ2v) is 4.99. The lowest BCUT2D eigenvalue weighted by Crippen LogP contribution is -2.47. The lowest BCUT2D eigenvalue weighted by Gasteiger charge is -2.39. The van der Waals surface area contributed by atoms with E-state index in [1.165, 1.54) is 12.1 Å². The highest BCUT2D eigenvalue weighted by Gasteiger charge is 2.25. The van der Waals surface area contributed by atoms with Gasteiger partial charge in [0, 0.05) is 29.9 Å². The van der Waals surface area contributed by atoms with E-state index >= 15 is 0 Å². The van der Waals surface area contributed by atoms with Gasteiger partial charge in [0.1, 0.15) is 5.82 Å². The van der Waals surface area contributed by atoms with Crippen LogP contribution in [0.1, 0.15) is 19.4 Å². The third-order valence-electron chi connectivity index (χ3n) is 3.34. The van der Waals surface area contributed by atoms with Gasteiger partial charge in [-0.1, -0.05) is 6.07 Å². The average Bonchev–Trinajstić information content (AvgIpc) is 2.40. The maximum atomic E-state index is 14.0. The van der Waals surface area contributed by atoms with Gasteiger partial charge in [0.05, 0.1) is 12.7 Å². The van der Waals surface area contributed by atoms with E-state index in [0.29, 0.717) is 24.4 Å². The number of nitrogens with zero attached hydrogens (tertiary/aromatic N) is 1. The van der Waals surface area contributed by atoms with Crippen molar-refractivity contribution in [3.63, 3.8) is 0 Å². The van der Waals surface area contributed by atoms with Gasteiger partial charge in [-0.3, -0.25) is 0 Å². The number of hydrogen-bond donors (Lipinski definition) is 1. The van der Waals surface area contributed by atoms with Gasteiger partial charge in [-0.15, -0.1) is 0 Å². The Kier molecular flexibility index (Phi) is 4.39. The zero-order chi connectivity index (χ0) is 14.7. The molecule has 1 fully saturated rings. The molecule has 5 heteroatoms. The Labute approximate surface area is 117 Å². The quantitative estimate of drug-likeness (QED) is 0.864. The second kappa shape index (κ2) is 6.05. The van der Waals surface area contributed by atoms with Crippen LogP contribution in [0, 0.1) is 5.82 Å². The minimum absolute atomic E-state index is 0.0609. The van der Waals surface area contributed by atoms with Gasteiger partial charge in [0.2, 0.25) is 0 Å². The lowest BCUT2D eigenvalue weighted by molar-refractivity contribution is -0.131. The normalized spacial score (nSPS) is 23.2. The van der Waals surface area contributed by atoms with Crippen molar-refractivity contribution in [1.29, 1.82) is 0 Å². The van der Waals surface area contributed by atoms with E-state index < -0.39 is 11.8 Å². The summed E-state index contributed by atoms with van der Waals surface area (Å²) in [6.45, 7) is 5.19. The highest BCUT2D eigenvalue weighted by atomic mass is 19.1. The van der Waals surface area contributed by atoms with Crippen molar-refractivity contribution in [3.8, 4) is 0 Å². The summed E-state index contributed by atoms with van der Waals surface area (Å²) in [4.78, 5) is 12.7. The number of morpholine rings is 1. The fourth-order valence-electron chi connectivity index (χ4n) is 2.33. The summed E-state index contributed by atoms with van der Waals surface area (Å²) in [5, 5.41) is 8.72. The molecule has 1 aliphatic heterocycles. The Balaban J connectivity index is 2.39. The van der Waals surface area contributed by atoms with Crippen LogP contribution in [0.5, 0.6) is 0 Å². The van der Waals surface area contributed by atoms with Crippen LogP contribution in [0.2, 0.25) is 0 Å². The minimum Gasteiger partial charge on any atom is -0.478 e. The van der Waals surface area contributed by atoms with Crippen molar-refractivity contribution in [2.45, 2.75) is 26.0 Å². The maximum absolute atomic E-state index is 14.0. The third kappa shape index (κ3) is 3.17. The van der Waals surface area contributed by atoms with Crippen LogP contribution in [0.15, 0.2) is 24.3 Å². The highest BCUT2D eigenvalue weighted by molar-refractivity contribution is 5.87. The van der Waals surface area contributed by atoms with E-state index in [1.807, 2.05) is 13.8 Å². The summed E-state index contributed by atoms with van der Waals surface area (Å²) in [6, 6.07) is 4.89. The Morgan fingerprint density at radius 2 is 2.25 bits per heavy atom. The van der Waals surface area contributed by atoms with Crippen molar-refractivity contribution in [2.75, 3.05) is 18.1 Å². The number of ether oxygens (including phenoxy) is 1. The van der Waals surface area contributed by atoms with E-state index in [2.05, 4.69) is 4.90 Å². The second-order valence-electron chi connectivity index (χ2n) is 4.99. The zero-order valence-corrected chi connectivity index (χ0v) is 11.5. The molecule has 4 nitrogen and oxygen atoms in total. The zero-order valence-electron chi connectivity index (χ0n) is 11.5. The molecule has 1 aromatic carbocycles. The molecule has 108 valence electrons. The molecule has 1 N–H and O–H groups in total. The summed E-state index contributed by atoms with van der Waals surface area (Å²) in [5.41, 5.74) is 1.00. The molecule has 0 saturated carbocycles. The number of carbonyl (C=O) groups is 1. The molecule has 1 aliphatic rings. The van der Waals surface area contributed by atoms with Crippen molar-refractivity contribution >= 4 is 17.7 Å². The largest absolute Gasteiger partial charge is 0.478 e. The molecule has 1 aromatic rings. The summed E-state index contributed by atoms with van der Waals surface area (Å²) in [7, 11) is 0. The SMILES string of the molecule is CC1CN(c2cccc(F)c2/C=C/C(=O)O)C(C)CO1. The number of hydrogen-bond acceptors (Lipinski definition) is 3. The van der Waals surface area contributed by atoms with Crippen LogP contribution in [0.25, 0.3) is 6.08 Å². The molecule has 0 amide bonds. The first kappa shape index (κ1) is 14.5. The predicted octanol–water partition coefficient (Wildman–Crippen LogP) is 2.54. The number of carboxylic acids is 1. The summed E-state index contributed by atoms with van der Waals surface area (Å²) < 4.78 is 19.5. The van der Waals surface area contributed by atoms with Crippen LogP contribution < -0.4 is 4.90 Å². The number of halogens is 1. The number of carboxylic acid groups (broad SMARTS) is 1. The first-order chi connectivity index (χ1) is 9.49. The number of rotatable bonds is 3. The van der Waals surface area contributed by atoms with Crippen LogP contribution in [-0.2, 0) is 9.53 Å². The Morgan fingerprint density at radius 1 is 1.50 bits per heavy atom. The van der Waals surface area contributed by atoms with Gasteiger partial charge in [0.15, 0.2) is 0 Å². The number of benzene rings is 1. The van der Waals surface area contributed by atoms with E-state index in [-0.39, 0.29) is 12.1 Å². The molecule has 2 unspecified atom stereocenters. The lowest BCUT2D eigenvalue weighted by atomic mass is 10.1. The molecule has 1 heterocycles. The number of anilines is 1. The smallest absolute Gasteiger partial charge is 0.328 e. The fraction of sp³-hybridized carbons (Fsp3) is 0.400. The molecular formula is C15H18FNO3. The molecule has 0 aromatic heterocycles. The summed E-state index contributed by atoms with van der Waals surface area (Å²) in [6.07, 6.45) is 2.32. The third-order valence-corrected chi connectivity index (χ3v) is 3.34. The fourth-order valence-corrected chi connectivity index (χ4v) is 2.33. The molecule has 0 aliphatic carbocycles. The molecule has 2 rings (SSSR count).